The van der Waals surface area contributed by atoms with E-state index >= 15 is 0 Å². The molecule has 1 aromatic heterocycles. The number of hydrogen-bond acceptors (Lipinski definition) is 4. The number of furan rings is 1. The molecule has 92 valence electrons. The predicted octanol–water partition coefficient (Wildman–Crippen LogP) is 2.70. The average molecular weight is 253 g/mol. The molecule has 1 aromatic carbocycles. The van der Waals surface area contributed by atoms with E-state index in [1.165, 1.54) is 0 Å². The zero-order valence-corrected chi connectivity index (χ0v) is 8.72. The molecule has 0 amide bonds. The molecule has 0 spiro atoms. The van der Waals surface area contributed by atoms with E-state index in [0.717, 1.165) is 24.3 Å². The molecule has 0 aliphatic heterocycles. The van der Waals surface area contributed by atoms with Crippen molar-refractivity contribution in [3.8, 4) is 0 Å². The van der Waals surface area contributed by atoms with Gasteiger partial charge in [0.2, 0.25) is 5.78 Å². The minimum atomic E-state index is -1.18. The molecule has 1 heterocycles. The van der Waals surface area contributed by atoms with Crippen LogP contribution in [0.15, 0.2) is 34.7 Å². The van der Waals surface area contributed by atoms with Crippen LogP contribution < -0.4 is 0 Å². The fourth-order valence-corrected chi connectivity index (χ4v) is 1.33. The van der Waals surface area contributed by atoms with Crippen LogP contribution in [0.2, 0.25) is 0 Å². The summed E-state index contributed by atoms with van der Waals surface area (Å²) in [6.07, 6.45) is 0. The number of halogens is 2. The second kappa shape index (κ2) is 4.36. The highest BCUT2D eigenvalue weighted by atomic mass is 19.2. The molecule has 0 aliphatic rings. The maximum Gasteiger partial charge on any atom is 0.433 e. The van der Waals surface area contributed by atoms with Crippen molar-refractivity contribution < 1.29 is 22.9 Å². The smallest absolute Gasteiger partial charge is 0.397 e. The van der Waals surface area contributed by atoms with Gasteiger partial charge in [-0.25, -0.2) is 8.78 Å². The zero-order valence-electron chi connectivity index (χ0n) is 8.72. The first kappa shape index (κ1) is 11.9. The van der Waals surface area contributed by atoms with Crippen molar-refractivity contribution in [3.05, 3.63) is 63.4 Å². The first-order valence-electron chi connectivity index (χ1n) is 4.73. The molecule has 2 aromatic rings. The monoisotopic (exact) mass is 253 g/mol. The van der Waals surface area contributed by atoms with Gasteiger partial charge in [-0.15, -0.1) is 0 Å². The number of carbonyl (C=O) groups excluding carboxylic acids is 1. The van der Waals surface area contributed by atoms with E-state index in [0.29, 0.717) is 6.07 Å². The molecular weight excluding hydrogens is 248 g/mol. The van der Waals surface area contributed by atoms with E-state index < -0.39 is 28.2 Å². The van der Waals surface area contributed by atoms with Crippen molar-refractivity contribution in [1.29, 1.82) is 0 Å². The molecule has 0 fully saturated rings. The lowest BCUT2D eigenvalue weighted by molar-refractivity contribution is -0.402. The highest BCUT2D eigenvalue weighted by Crippen LogP contribution is 2.19. The third kappa shape index (κ3) is 2.10. The SMILES string of the molecule is O=C(c1ccc(F)c(F)c1)c1ccc([N+](=O)[O-])o1. The van der Waals surface area contributed by atoms with Gasteiger partial charge in [-0.1, -0.05) is 0 Å². The van der Waals surface area contributed by atoms with Gasteiger partial charge in [-0.3, -0.25) is 14.9 Å². The molecule has 0 saturated heterocycles. The standard InChI is InChI=1S/C11H5F2NO4/c12-7-2-1-6(5-8(7)13)11(15)9-3-4-10(18-9)14(16)17/h1-5H. The lowest BCUT2D eigenvalue weighted by Crippen LogP contribution is -2.01. The van der Waals surface area contributed by atoms with E-state index in [2.05, 4.69) is 4.42 Å². The minimum Gasteiger partial charge on any atom is -0.397 e. The van der Waals surface area contributed by atoms with Crippen LogP contribution in [-0.4, -0.2) is 10.7 Å². The molecule has 0 N–H and O–H groups in total. The van der Waals surface area contributed by atoms with Crippen LogP contribution >= 0.6 is 0 Å². The van der Waals surface area contributed by atoms with Crippen molar-refractivity contribution in [2.45, 2.75) is 0 Å². The fourth-order valence-electron chi connectivity index (χ4n) is 1.33. The average Bonchev–Trinajstić information content (AvgIpc) is 2.81. The first-order chi connectivity index (χ1) is 8.49. The van der Waals surface area contributed by atoms with Gasteiger partial charge in [-0.05, 0) is 24.3 Å². The van der Waals surface area contributed by atoms with Crippen LogP contribution in [0.5, 0.6) is 0 Å². The molecule has 7 heteroatoms. The zero-order chi connectivity index (χ0) is 13.3. The summed E-state index contributed by atoms with van der Waals surface area (Å²) in [5.41, 5.74) is -0.154. The summed E-state index contributed by atoms with van der Waals surface area (Å²) >= 11 is 0. The molecule has 0 saturated carbocycles. The number of carbonyl (C=O) groups is 1. The molecule has 0 radical (unpaired) electrons. The minimum absolute atomic E-state index is 0.154. The van der Waals surface area contributed by atoms with Gasteiger partial charge in [0.05, 0.1) is 6.07 Å². The number of rotatable bonds is 3. The van der Waals surface area contributed by atoms with Gasteiger partial charge in [0.15, 0.2) is 17.4 Å². The van der Waals surface area contributed by atoms with Crippen molar-refractivity contribution in [2.24, 2.45) is 0 Å². The summed E-state index contributed by atoms with van der Waals surface area (Å²) in [5.74, 6) is -3.94. The Hall–Kier alpha value is -2.57. The molecule has 0 bridgehead atoms. The van der Waals surface area contributed by atoms with E-state index in [4.69, 9.17) is 0 Å². The van der Waals surface area contributed by atoms with Gasteiger partial charge in [0.1, 0.15) is 4.92 Å². The van der Waals surface area contributed by atoms with E-state index in [1.54, 1.807) is 0 Å². The normalized spacial score (nSPS) is 10.3. The molecular formula is C11H5F2NO4. The van der Waals surface area contributed by atoms with Crippen LogP contribution in [0, 0.1) is 21.7 Å². The Labute approximate surface area is 98.8 Å². The van der Waals surface area contributed by atoms with Crippen LogP contribution in [-0.2, 0) is 0 Å². The molecule has 0 aliphatic carbocycles. The van der Waals surface area contributed by atoms with Crippen molar-refractivity contribution in [3.63, 3.8) is 0 Å². The van der Waals surface area contributed by atoms with Gasteiger partial charge in [-0.2, -0.15) is 0 Å². The Morgan fingerprint density at radius 2 is 1.89 bits per heavy atom. The Balaban J connectivity index is 2.35. The summed E-state index contributed by atoms with van der Waals surface area (Å²) < 4.78 is 30.3. The lowest BCUT2D eigenvalue weighted by atomic mass is 10.1. The number of nitro groups is 1. The van der Waals surface area contributed by atoms with Crippen LogP contribution in [0.1, 0.15) is 16.1 Å². The number of ketones is 1. The van der Waals surface area contributed by atoms with Gasteiger partial charge in [0.25, 0.3) is 0 Å². The second-order valence-electron chi connectivity index (χ2n) is 3.35. The number of benzene rings is 1. The summed E-state index contributed by atoms with van der Waals surface area (Å²) in [6, 6.07) is 4.66. The quantitative estimate of drug-likeness (QED) is 0.479. The Bertz CT molecular complexity index is 636. The molecule has 2 rings (SSSR count). The topological polar surface area (TPSA) is 73.3 Å². The summed E-state index contributed by atoms with van der Waals surface area (Å²) in [6.45, 7) is 0. The number of nitrogens with zero attached hydrogens (tertiary/aromatic N) is 1. The van der Waals surface area contributed by atoms with Crippen molar-refractivity contribution >= 4 is 11.7 Å². The van der Waals surface area contributed by atoms with Gasteiger partial charge >= 0.3 is 5.88 Å². The fraction of sp³-hybridized carbons (Fsp3) is 0. The first-order valence-corrected chi connectivity index (χ1v) is 4.73. The maximum atomic E-state index is 12.9. The van der Waals surface area contributed by atoms with E-state index in [-0.39, 0.29) is 11.3 Å². The Kier molecular flexibility index (Phi) is 2.88. The third-order valence-electron chi connectivity index (χ3n) is 2.18. The third-order valence-corrected chi connectivity index (χ3v) is 2.18. The Morgan fingerprint density at radius 3 is 2.44 bits per heavy atom. The van der Waals surface area contributed by atoms with E-state index in [1.807, 2.05) is 0 Å². The molecule has 0 unspecified atom stereocenters. The van der Waals surface area contributed by atoms with Crippen LogP contribution in [0.3, 0.4) is 0 Å². The summed E-state index contributed by atoms with van der Waals surface area (Å²) in [4.78, 5) is 21.3. The lowest BCUT2D eigenvalue weighted by Gasteiger charge is -1.98. The molecule has 18 heavy (non-hydrogen) atoms. The summed E-state index contributed by atoms with van der Waals surface area (Å²) in [5, 5.41) is 10.4. The Morgan fingerprint density at radius 1 is 1.17 bits per heavy atom. The molecule has 5 nitrogen and oxygen atoms in total. The number of hydrogen-bond donors (Lipinski definition) is 0. The highest BCUT2D eigenvalue weighted by Gasteiger charge is 2.19. The van der Waals surface area contributed by atoms with E-state index in [9.17, 15) is 23.7 Å². The van der Waals surface area contributed by atoms with Crippen molar-refractivity contribution in [1.82, 2.24) is 0 Å². The van der Waals surface area contributed by atoms with Gasteiger partial charge in [0, 0.05) is 5.56 Å². The summed E-state index contributed by atoms with van der Waals surface area (Å²) in [7, 11) is 0. The van der Waals surface area contributed by atoms with Crippen molar-refractivity contribution in [2.75, 3.05) is 0 Å². The van der Waals surface area contributed by atoms with Crippen LogP contribution in [0.25, 0.3) is 0 Å². The predicted molar refractivity (Wildman–Crippen MR) is 55.2 cm³/mol. The maximum absolute atomic E-state index is 12.9. The second-order valence-corrected chi connectivity index (χ2v) is 3.35. The molecule has 0 atom stereocenters. The van der Waals surface area contributed by atoms with Gasteiger partial charge < -0.3 is 4.42 Å². The largest absolute Gasteiger partial charge is 0.433 e. The highest BCUT2D eigenvalue weighted by molar-refractivity contribution is 6.07. The van der Waals surface area contributed by atoms with Crippen LogP contribution in [0.4, 0.5) is 14.7 Å².